The Labute approximate surface area is 102 Å². The van der Waals surface area contributed by atoms with E-state index in [4.69, 9.17) is 0 Å². The van der Waals surface area contributed by atoms with Crippen LogP contribution in [0.5, 0.6) is 5.75 Å². The number of amides is 1. The molecule has 6 nitrogen and oxygen atoms in total. The quantitative estimate of drug-likeness (QED) is 0.736. The summed E-state index contributed by atoms with van der Waals surface area (Å²) in [6.07, 6.45) is 0. The minimum Gasteiger partial charge on any atom is -0.508 e. The third kappa shape index (κ3) is 2.54. The Morgan fingerprint density at radius 1 is 1.33 bits per heavy atom. The van der Waals surface area contributed by atoms with E-state index in [0.29, 0.717) is 5.69 Å². The fourth-order valence-corrected chi connectivity index (χ4v) is 1.35. The van der Waals surface area contributed by atoms with Crippen LogP contribution in [-0.2, 0) is 0 Å². The molecule has 0 spiro atoms. The zero-order valence-electron chi connectivity index (χ0n) is 9.60. The number of phenolic OH excluding ortho intramolecular Hbond substituents is 1. The molecule has 1 heterocycles. The first kappa shape index (κ1) is 11.8. The monoisotopic (exact) mass is 245 g/mol. The molecule has 0 saturated heterocycles. The summed E-state index contributed by atoms with van der Waals surface area (Å²) < 4.78 is 0. The van der Waals surface area contributed by atoms with Gasteiger partial charge in [-0.15, -0.1) is 0 Å². The summed E-state index contributed by atoms with van der Waals surface area (Å²) in [6, 6.07) is 7.33. The van der Waals surface area contributed by atoms with Gasteiger partial charge in [-0.05, 0) is 24.6 Å². The lowest BCUT2D eigenvalue weighted by atomic mass is 10.2. The number of anilines is 1. The molecule has 2 rings (SSSR count). The van der Waals surface area contributed by atoms with Gasteiger partial charge < -0.3 is 10.4 Å². The molecule has 1 amide bonds. The lowest BCUT2D eigenvalue weighted by molar-refractivity contribution is 0.102. The van der Waals surface area contributed by atoms with Gasteiger partial charge in [0.15, 0.2) is 0 Å². The zero-order chi connectivity index (χ0) is 13.1. The number of aromatic amines is 1. The number of benzene rings is 1. The lowest BCUT2D eigenvalue weighted by Crippen LogP contribution is -2.17. The van der Waals surface area contributed by atoms with Crippen molar-refractivity contribution in [3.8, 4) is 5.75 Å². The van der Waals surface area contributed by atoms with Crippen LogP contribution in [0.15, 0.2) is 35.1 Å². The molecule has 0 aliphatic rings. The molecule has 18 heavy (non-hydrogen) atoms. The first-order valence-electron chi connectivity index (χ1n) is 5.23. The lowest BCUT2D eigenvalue weighted by Gasteiger charge is -2.06. The summed E-state index contributed by atoms with van der Waals surface area (Å²) in [5.74, 6) is -0.364. The normalized spacial score (nSPS) is 10.1. The summed E-state index contributed by atoms with van der Waals surface area (Å²) in [4.78, 5) is 22.5. The molecule has 6 heteroatoms. The van der Waals surface area contributed by atoms with Gasteiger partial charge in [0.25, 0.3) is 11.5 Å². The number of phenols is 1. The third-order valence-corrected chi connectivity index (χ3v) is 2.38. The fraction of sp³-hybridized carbons (Fsp3) is 0.0833. The first-order chi connectivity index (χ1) is 8.56. The van der Waals surface area contributed by atoms with E-state index < -0.39 is 5.91 Å². The second kappa shape index (κ2) is 4.70. The molecule has 1 aromatic carbocycles. The molecular formula is C12H11N3O3. The molecule has 0 aliphatic heterocycles. The van der Waals surface area contributed by atoms with E-state index in [9.17, 15) is 14.7 Å². The maximum Gasteiger partial charge on any atom is 0.276 e. The molecule has 3 N–H and O–H groups in total. The highest BCUT2D eigenvalue weighted by Crippen LogP contribution is 2.20. The number of rotatable bonds is 2. The Morgan fingerprint density at radius 2 is 2.11 bits per heavy atom. The SMILES string of the molecule is Cc1ccc(NC(=O)c2ccc(=O)[nH]n2)cc1O. The highest BCUT2D eigenvalue weighted by atomic mass is 16.3. The molecule has 0 saturated carbocycles. The number of H-pyrrole nitrogens is 1. The topological polar surface area (TPSA) is 95.1 Å². The fourth-order valence-electron chi connectivity index (χ4n) is 1.35. The van der Waals surface area contributed by atoms with Crippen LogP contribution in [0.2, 0.25) is 0 Å². The Balaban J connectivity index is 2.18. The molecule has 2 aromatic rings. The number of carbonyl (C=O) groups excluding carboxylic acids is 1. The van der Waals surface area contributed by atoms with Crippen molar-refractivity contribution in [1.29, 1.82) is 0 Å². The van der Waals surface area contributed by atoms with Crippen LogP contribution in [-0.4, -0.2) is 21.2 Å². The molecule has 0 bridgehead atoms. The number of aryl methyl sites for hydroxylation is 1. The number of hydrogen-bond acceptors (Lipinski definition) is 4. The first-order valence-corrected chi connectivity index (χ1v) is 5.23. The van der Waals surface area contributed by atoms with Crippen molar-refractivity contribution in [2.45, 2.75) is 6.92 Å². The number of aromatic hydroxyl groups is 1. The zero-order valence-corrected chi connectivity index (χ0v) is 9.60. The van der Waals surface area contributed by atoms with E-state index in [2.05, 4.69) is 15.5 Å². The molecule has 1 aromatic heterocycles. The standard InChI is InChI=1S/C12H11N3O3/c1-7-2-3-8(6-10(7)16)13-12(18)9-4-5-11(17)15-14-9/h2-6,16H,1H3,(H,13,18)(H,15,17). The summed E-state index contributed by atoms with van der Waals surface area (Å²) in [5.41, 5.74) is 0.889. The number of carbonyl (C=O) groups is 1. The van der Waals surface area contributed by atoms with Crippen molar-refractivity contribution in [3.05, 3.63) is 51.9 Å². The van der Waals surface area contributed by atoms with Gasteiger partial charge in [-0.2, -0.15) is 5.10 Å². The van der Waals surface area contributed by atoms with E-state index in [1.54, 1.807) is 19.1 Å². The van der Waals surface area contributed by atoms with Crippen molar-refractivity contribution in [2.75, 3.05) is 5.32 Å². The van der Waals surface area contributed by atoms with E-state index in [1.807, 2.05) is 0 Å². The van der Waals surface area contributed by atoms with Crippen LogP contribution in [0.4, 0.5) is 5.69 Å². The van der Waals surface area contributed by atoms with Crippen LogP contribution in [0.1, 0.15) is 16.1 Å². The smallest absolute Gasteiger partial charge is 0.276 e. The van der Waals surface area contributed by atoms with Gasteiger partial charge in [-0.25, -0.2) is 5.10 Å². The maximum absolute atomic E-state index is 11.7. The Morgan fingerprint density at radius 3 is 2.72 bits per heavy atom. The molecule has 0 radical (unpaired) electrons. The predicted molar refractivity (Wildman–Crippen MR) is 65.7 cm³/mol. The Hall–Kier alpha value is -2.63. The molecule has 0 atom stereocenters. The van der Waals surface area contributed by atoms with E-state index in [-0.39, 0.29) is 17.0 Å². The second-order valence-electron chi connectivity index (χ2n) is 3.76. The average Bonchev–Trinajstić information content (AvgIpc) is 2.34. The number of hydrogen-bond donors (Lipinski definition) is 3. The summed E-state index contributed by atoms with van der Waals surface area (Å²) in [6.45, 7) is 1.75. The molecule has 0 aliphatic carbocycles. The Bertz CT molecular complexity index is 629. The summed E-state index contributed by atoms with van der Waals surface area (Å²) in [7, 11) is 0. The van der Waals surface area contributed by atoms with E-state index >= 15 is 0 Å². The van der Waals surface area contributed by atoms with Gasteiger partial charge in [-0.3, -0.25) is 9.59 Å². The predicted octanol–water partition coefficient (Wildman–Crippen LogP) is 1.04. The van der Waals surface area contributed by atoms with Crippen LogP contribution >= 0.6 is 0 Å². The van der Waals surface area contributed by atoms with Crippen molar-refractivity contribution >= 4 is 11.6 Å². The Kier molecular flexibility index (Phi) is 3.09. The van der Waals surface area contributed by atoms with Gasteiger partial charge in [0.2, 0.25) is 0 Å². The van der Waals surface area contributed by atoms with Gasteiger partial charge in [0, 0.05) is 17.8 Å². The van der Waals surface area contributed by atoms with Crippen molar-refractivity contribution in [1.82, 2.24) is 10.2 Å². The van der Waals surface area contributed by atoms with Gasteiger partial charge in [0.05, 0.1) is 0 Å². The summed E-state index contributed by atoms with van der Waals surface area (Å²) >= 11 is 0. The third-order valence-electron chi connectivity index (χ3n) is 2.38. The van der Waals surface area contributed by atoms with Crippen LogP contribution in [0.25, 0.3) is 0 Å². The van der Waals surface area contributed by atoms with Crippen LogP contribution in [0, 0.1) is 6.92 Å². The number of nitrogens with zero attached hydrogens (tertiary/aromatic N) is 1. The maximum atomic E-state index is 11.7. The van der Waals surface area contributed by atoms with E-state index in [0.717, 1.165) is 5.56 Å². The van der Waals surface area contributed by atoms with Gasteiger partial charge in [-0.1, -0.05) is 6.07 Å². The molecular weight excluding hydrogens is 234 g/mol. The van der Waals surface area contributed by atoms with E-state index in [1.165, 1.54) is 18.2 Å². The van der Waals surface area contributed by atoms with Crippen molar-refractivity contribution < 1.29 is 9.90 Å². The van der Waals surface area contributed by atoms with Crippen molar-refractivity contribution in [2.24, 2.45) is 0 Å². The second-order valence-corrected chi connectivity index (χ2v) is 3.76. The van der Waals surface area contributed by atoms with Crippen LogP contribution in [0.3, 0.4) is 0 Å². The minimum absolute atomic E-state index is 0.0923. The van der Waals surface area contributed by atoms with Gasteiger partial charge in [0.1, 0.15) is 11.4 Å². The minimum atomic E-state index is -0.463. The number of nitrogens with one attached hydrogen (secondary N) is 2. The highest BCUT2D eigenvalue weighted by Gasteiger charge is 2.08. The van der Waals surface area contributed by atoms with Crippen LogP contribution < -0.4 is 10.9 Å². The number of aromatic nitrogens is 2. The van der Waals surface area contributed by atoms with Gasteiger partial charge >= 0.3 is 0 Å². The molecule has 92 valence electrons. The largest absolute Gasteiger partial charge is 0.508 e. The molecule has 0 unspecified atom stereocenters. The summed E-state index contributed by atoms with van der Waals surface area (Å²) in [5, 5.41) is 17.8. The van der Waals surface area contributed by atoms with Crippen molar-refractivity contribution in [3.63, 3.8) is 0 Å². The average molecular weight is 245 g/mol. The highest BCUT2D eigenvalue weighted by molar-refractivity contribution is 6.02. The molecule has 0 fully saturated rings.